The van der Waals surface area contributed by atoms with Crippen LogP contribution in [0.1, 0.15) is 21.6 Å². The highest BCUT2D eigenvalue weighted by Gasteiger charge is 2.25. The Labute approximate surface area is 151 Å². The van der Waals surface area contributed by atoms with Crippen LogP contribution in [-0.2, 0) is 20.0 Å². The van der Waals surface area contributed by atoms with Crippen LogP contribution in [0, 0.1) is 0 Å². The third-order valence-electron chi connectivity index (χ3n) is 4.65. The summed E-state index contributed by atoms with van der Waals surface area (Å²) in [6, 6.07) is 5.19. The second-order valence-corrected chi connectivity index (χ2v) is 6.15. The Kier molecular flexibility index (Phi) is 4.88. The minimum absolute atomic E-state index is 0.187. The molecule has 2 heterocycles. The molecular weight excluding hydrogens is 336 g/mol. The van der Waals surface area contributed by atoms with Crippen molar-refractivity contribution in [3.63, 3.8) is 0 Å². The predicted molar refractivity (Wildman–Crippen MR) is 96.2 cm³/mol. The lowest BCUT2D eigenvalue weighted by Crippen LogP contribution is -2.37. The van der Waals surface area contributed by atoms with Crippen LogP contribution in [0.3, 0.4) is 0 Å². The Balaban J connectivity index is 1.90. The van der Waals surface area contributed by atoms with Crippen LogP contribution in [-0.4, -0.2) is 43.2 Å². The summed E-state index contributed by atoms with van der Waals surface area (Å²) in [7, 11) is 6.35. The average molecular weight is 358 g/mol. The number of hydrogen-bond acceptors (Lipinski definition) is 5. The van der Waals surface area contributed by atoms with E-state index in [2.05, 4.69) is 0 Å². The van der Waals surface area contributed by atoms with Crippen molar-refractivity contribution in [2.45, 2.75) is 13.0 Å². The summed E-state index contributed by atoms with van der Waals surface area (Å²) in [6.07, 6.45) is 2.24. The molecule has 1 aromatic heterocycles. The lowest BCUT2D eigenvalue weighted by Gasteiger charge is -2.30. The molecule has 1 aliphatic rings. The number of benzene rings is 1. The highest BCUT2D eigenvalue weighted by molar-refractivity contribution is 5.92. The summed E-state index contributed by atoms with van der Waals surface area (Å²) in [5.41, 5.74) is 2.17. The van der Waals surface area contributed by atoms with E-state index >= 15 is 0 Å². The van der Waals surface area contributed by atoms with Crippen molar-refractivity contribution in [2.24, 2.45) is 7.05 Å². The summed E-state index contributed by atoms with van der Waals surface area (Å²) >= 11 is 0. The van der Waals surface area contributed by atoms with E-state index in [4.69, 9.17) is 14.2 Å². The van der Waals surface area contributed by atoms with Gasteiger partial charge in [-0.3, -0.25) is 9.59 Å². The molecule has 0 saturated heterocycles. The van der Waals surface area contributed by atoms with Crippen LogP contribution < -0.4 is 19.6 Å². The number of ether oxygens (including phenoxy) is 3. The van der Waals surface area contributed by atoms with E-state index in [0.29, 0.717) is 36.7 Å². The Hall–Kier alpha value is -2.96. The lowest BCUT2D eigenvalue weighted by molar-refractivity contribution is 0.0723. The number of carbonyl (C=O) groups excluding carboxylic acids is 1. The molecule has 1 aliphatic heterocycles. The Bertz CT molecular complexity index is 904. The minimum Gasteiger partial charge on any atom is -0.493 e. The van der Waals surface area contributed by atoms with Crippen LogP contribution in [0.5, 0.6) is 17.2 Å². The van der Waals surface area contributed by atoms with Gasteiger partial charge in [0.25, 0.3) is 5.91 Å². The molecule has 1 amide bonds. The fraction of sp³-hybridized carbons (Fsp3) is 0.368. The van der Waals surface area contributed by atoms with Crippen LogP contribution in [0.4, 0.5) is 0 Å². The average Bonchev–Trinajstić information content (AvgIpc) is 2.67. The summed E-state index contributed by atoms with van der Waals surface area (Å²) in [5, 5.41) is 0. The van der Waals surface area contributed by atoms with Gasteiger partial charge in [0.1, 0.15) is 5.69 Å². The molecule has 0 aliphatic carbocycles. The molecule has 0 radical (unpaired) electrons. The molecule has 26 heavy (non-hydrogen) atoms. The second kappa shape index (κ2) is 7.11. The monoisotopic (exact) mass is 358 g/mol. The normalized spacial score (nSPS) is 13.2. The van der Waals surface area contributed by atoms with Gasteiger partial charge in [-0.2, -0.15) is 0 Å². The maximum atomic E-state index is 12.9. The minimum atomic E-state index is -0.308. The van der Waals surface area contributed by atoms with Gasteiger partial charge >= 0.3 is 0 Å². The largest absolute Gasteiger partial charge is 0.493 e. The number of rotatable bonds is 4. The summed E-state index contributed by atoms with van der Waals surface area (Å²) in [6.45, 7) is 1.02. The highest BCUT2D eigenvalue weighted by atomic mass is 16.5. The van der Waals surface area contributed by atoms with Gasteiger partial charge in [0.15, 0.2) is 17.2 Å². The van der Waals surface area contributed by atoms with E-state index in [1.165, 1.54) is 19.4 Å². The van der Waals surface area contributed by atoms with E-state index in [1.807, 2.05) is 12.1 Å². The van der Waals surface area contributed by atoms with Gasteiger partial charge in [-0.05, 0) is 29.7 Å². The van der Waals surface area contributed by atoms with Gasteiger partial charge in [-0.25, -0.2) is 0 Å². The fourth-order valence-corrected chi connectivity index (χ4v) is 3.19. The van der Waals surface area contributed by atoms with Crippen molar-refractivity contribution in [1.82, 2.24) is 9.47 Å². The smallest absolute Gasteiger partial charge is 0.270 e. The Morgan fingerprint density at radius 1 is 0.962 bits per heavy atom. The van der Waals surface area contributed by atoms with Gasteiger partial charge in [-0.15, -0.1) is 0 Å². The standard InChI is InChI=1S/C19H22N2O5/c1-20-11-18(26-4)15(22)9-14(20)19(23)21-6-5-12-7-16(24-2)17(25-3)8-13(12)10-21/h7-9,11H,5-6,10H2,1-4H3. The number of hydrogen-bond donors (Lipinski definition) is 0. The van der Waals surface area contributed by atoms with Crippen molar-refractivity contribution in [2.75, 3.05) is 27.9 Å². The first-order valence-corrected chi connectivity index (χ1v) is 8.26. The van der Waals surface area contributed by atoms with Crippen molar-refractivity contribution >= 4 is 5.91 Å². The fourth-order valence-electron chi connectivity index (χ4n) is 3.19. The summed E-state index contributed by atoms with van der Waals surface area (Å²) in [5.74, 6) is 1.35. The zero-order chi connectivity index (χ0) is 18.8. The number of pyridine rings is 1. The van der Waals surface area contributed by atoms with Crippen molar-refractivity contribution in [3.8, 4) is 17.2 Å². The van der Waals surface area contributed by atoms with Crippen LogP contribution in [0.15, 0.2) is 29.2 Å². The van der Waals surface area contributed by atoms with Gasteiger partial charge in [0.2, 0.25) is 5.43 Å². The molecule has 0 fully saturated rings. The maximum absolute atomic E-state index is 12.9. The zero-order valence-corrected chi connectivity index (χ0v) is 15.4. The topological polar surface area (TPSA) is 70.0 Å². The van der Waals surface area contributed by atoms with E-state index in [1.54, 1.807) is 30.7 Å². The van der Waals surface area contributed by atoms with Crippen molar-refractivity contribution < 1.29 is 19.0 Å². The van der Waals surface area contributed by atoms with Crippen LogP contribution in [0.25, 0.3) is 0 Å². The highest BCUT2D eigenvalue weighted by Crippen LogP contribution is 2.33. The number of carbonyl (C=O) groups is 1. The first-order chi connectivity index (χ1) is 12.5. The van der Waals surface area contributed by atoms with Gasteiger partial charge in [-0.1, -0.05) is 0 Å². The third-order valence-corrected chi connectivity index (χ3v) is 4.65. The number of methoxy groups -OCH3 is 3. The molecule has 0 bridgehead atoms. The second-order valence-electron chi connectivity index (χ2n) is 6.15. The van der Waals surface area contributed by atoms with Gasteiger partial charge in [0, 0.05) is 26.2 Å². The van der Waals surface area contributed by atoms with E-state index in [9.17, 15) is 9.59 Å². The molecular formula is C19H22N2O5. The quantitative estimate of drug-likeness (QED) is 0.830. The summed E-state index contributed by atoms with van der Waals surface area (Å²) in [4.78, 5) is 26.7. The third kappa shape index (κ3) is 3.12. The molecule has 3 rings (SSSR count). The van der Waals surface area contributed by atoms with Crippen molar-refractivity contribution in [1.29, 1.82) is 0 Å². The molecule has 0 atom stereocenters. The summed E-state index contributed by atoms with van der Waals surface area (Å²) < 4.78 is 17.3. The number of nitrogens with zero attached hydrogens (tertiary/aromatic N) is 2. The molecule has 0 spiro atoms. The van der Waals surface area contributed by atoms with E-state index in [0.717, 1.165) is 11.1 Å². The van der Waals surface area contributed by atoms with Crippen molar-refractivity contribution in [3.05, 3.63) is 51.4 Å². The van der Waals surface area contributed by atoms with E-state index < -0.39 is 0 Å². The molecule has 0 N–H and O–H groups in total. The van der Waals surface area contributed by atoms with Gasteiger partial charge < -0.3 is 23.7 Å². The molecule has 0 unspecified atom stereocenters. The molecule has 1 aromatic carbocycles. The number of aryl methyl sites for hydroxylation is 1. The van der Waals surface area contributed by atoms with Gasteiger partial charge in [0.05, 0.1) is 27.5 Å². The van der Waals surface area contributed by atoms with Crippen LogP contribution in [0.2, 0.25) is 0 Å². The first kappa shape index (κ1) is 17.8. The van der Waals surface area contributed by atoms with Crippen LogP contribution >= 0.6 is 0 Å². The molecule has 2 aromatic rings. The Morgan fingerprint density at radius 2 is 1.58 bits per heavy atom. The first-order valence-electron chi connectivity index (χ1n) is 8.26. The lowest BCUT2D eigenvalue weighted by atomic mass is 9.98. The number of fused-ring (bicyclic) bond motifs is 1. The zero-order valence-electron chi connectivity index (χ0n) is 15.4. The number of amides is 1. The maximum Gasteiger partial charge on any atom is 0.270 e. The molecule has 7 heteroatoms. The Morgan fingerprint density at radius 3 is 2.19 bits per heavy atom. The molecule has 7 nitrogen and oxygen atoms in total. The molecule has 138 valence electrons. The molecule has 0 saturated carbocycles. The number of aromatic nitrogens is 1. The SMILES string of the molecule is COc1cc2c(cc1OC)CN(C(=O)c1cc(=O)c(OC)cn1C)CC2. The predicted octanol–water partition coefficient (Wildman–Crippen LogP) is 1.61. The van der Waals surface area contributed by atoms with E-state index in [-0.39, 0.29) is 17.1 Å².